The van der Waals surface area contributed by atoms with E-state index < -0.39 is 6.29 Å². The van der Waals surface area contributed by atoms with Crippen molar-refractivity contribution in [3.8, 4) is 0 Å². The van der Waals surface area contributed by atoms with Crippen molar-refractivity contribution in [1.29, 1.82) is 0 Å². The largest absolute Gasteiger partial charge is 0.391 e. The highest BCUT2D eigenvalue weighted by atomic mass is 16.7. The summed E-state index contributed by atoms with van der Waals surface area (Å²) in [6, 6.07) is 0. The smallest absolute Gasteiger partial charge is 0.183 e. The van der Waals surface area contributed by atoms with E-state index in [0.29, 0.717) is 19.1 Å². The summed E-state index contributed by atoms with van der Waals surface area (Å²) < 4.78 is 10.5. The van der Waals surface area contributed by atoms with Gasteiger partial charge in [0.1, 0.15) is 12.5 Å². The van der Waals surface area contributed by atoms with Crippen LogP contribution in [0.1, 0.15) is 0 Å². The van der Waals surface area contributed by atoms with Crippen LogP contribution in [0, 0.1) is 0 Å². The quantitative estimate of drug-likeness (QED) is 0.585. The molecule has 2 rings (SSSR count). The molecule has 0 aromatic rings. The molecule has 0 saturated carbocycles. The molecule has 78 valence electrons. The van der Waals surface area contributed by atoms with Crippen molar-refractivity contribution >= 4 is 5.84 Å². The third-order valence-corrected chi connectivity index (χ3v) is 2.11. The third kappa shape index (κ3) is 1.87. The minimum Gasteiger partial charge on any atom is -0.391 e. The first-order chi connectivity index (χ1) is 6.79. The van der Waals surface area contributed by atoms with E-state index in [1.807, 2.05) is 11.1 Å². The van der Waals surface area contributed by atoms with Crippen molar-refractivity contribution in [2.75, 3.05) is 19.9 Å². The van der Waals surface area contributed by atoms with E-state index in [1.54, 1.807) is 6.08 Å². The predicted octanol–water partition coefficient (Wildman–Crippen LogP) is -1.18. The summed E-state index contributed by atoms with van der Waals surface area (Å²) in [6.07, 6.45) is 2.83. The van der Waals surface area contributed by atoms with Gasteiger partial charge in [-0.25, -0.2) is 4.99 Å². The number of ether oxygens (including phenoxy) is 2. The zero-order chi connectivity index (χ0) is 9.97. The van der Waals surface area contributed by atoms with E-state index in [4.69, 9.17) is 20.3 Å². The fourth-order valence-electron chi connectivity index (χ4n) is 1.34. The molecular formula is C8H13N3O3. The van der Waals surface area contributed by atoms with E-state index in [2.05, 4.69) is 4.99 Å². The number of hydrogen-bond acceptors (Lipinski definition) is 6. The van der Waals surface area contributed by atoms with E-state index >= 15 is 0 Å². The van der Waals surface area contributed by atoms with Crippen molar-refractivity contribution in [3.63, 3.8) is 0 Å². The lowest BCUT2D eigenvalue weighted by molar-refractivity contribution is -0.107. The van der Waals surface area contributed by atoms with Gasteiger partial charge in [0.2, 0.25) is 0 Å². The van der Waals surface area contributed by atoms with Gasteiger partial charge in [-0.15, -0.1) is 0 Å². The summed E-state index contributed by atoms with van der Waals surface area (Å²) in [4.78, 5) is 5.91. The minimum atomic E-state index is -0.517. The molecule has 14 heavy (non-hydrogen) atoms. The number of aliphatic hydroxyl groups excluding tert-OH is 1. The zero-order valence-corrected chi connectivity index (χ0v) is 7.67. The molecule has 0 aliphatic carbocycles. The molecule has 1 saturated heterocycles. The molecule has 0 radical (unpaired) electrons. The van der Waals surface area contributed by atoms with Gasteiger partial charge in [-0.2, -0.15) is 0 Å². The van der Waals surface area contributed by atoms with Gasteiger partial charge in [-0.3, -0.25) is 0 Å². The van der Waals surface area contributed by atoms with E-state index in [-0.39, 0.29) is 12.8 Å². The number of aliphatic hydroxyl groups is 1. The number of hydrogen-bond donors (Lipinski definition) is 2. The Morgan fingerprint density at radius 3 is 3.14 bits per heavy atom. The van der Waals surface area contributed by atoms with Crippen LogP contribution >= 0.6 is 0 Å². The number of nitrogens with two attached hydrogens (primary N) is 1. The highest BCUT2D eigenvalue weighted by Gasteiger charge is 2.29. The van der Waals surface area contributed by atoms with E-state index in [1.165, 1.54) is 0 Å². The SMILES string of the molecule is NC1=NCN(C2CO[C@H](CO)O2)C=C1. The molecule has 6 nitrogen and oxygen atoms in total. The molecule has 0 bridgehead atoms. The summed E-state index contributed by atoms with van der Waals surface area (Å²) in [5.74, 6) is 0.513. The Morgan fingerprint density at radius 1 is 1.71 bits per heavy atom. The fraction of sp³-hybridized carbons (Fsp3) is 0.625. The van der Waals surface area contributed by atoms with E-state index in [9.17, 15) is 0 Å². The second-order valence-corrected chi connectivity index (χ2v) is 3.09. The first-order valence-corrected chi connectivity index (χ1v) is 4.41. The van der Waals surface area contributed by atoms with Gasteiger partial charge in [0.25, 0.3) is 0 Å². The van der Waals surface area contributed by atoms with E-state index in [0.717, 1.165) is 0 Å². The van der Waals surface area contributed by atoms with Crippen molar-refractivity contribution in [2.24, 2.45) is 10.7 Å². The molecule has 2 aliphatic heterocycles. The maximum atomic E-state index is 8.79. The van der Waals surface area contributed by atoms with Crippen LogP contribution in [0.4, 0.5) is 0 Å². The Kier molecular flexibility index (Phi) is 2.67. The number of nitrogens with zero attached hydrogens (tertiary/aromatic N) is 2. The molecule has 2 aliphatic rings. The number of rotatable bonds is 2. The minimum absolute atomic E-state index is 0.126. The normalized spacial score (nSPS) is 32.1. The monoisotopic (exact) mass is 199 g/mol. The van der Waals surface area contributed by atoms with Crippen LogP contribution in [-0.4, -0.2) is 48.2 Å². The van der Waals surface area contributed by atoms with Gasteiger partial charge in [-0.1, -0.05) is 0 Å². The fourth-order valence-corrected chi connectivity index (χ4v) is 1.34. The lowest BCUT2D eigenvalue weighted by atomic mass is 10.4. The zero-order valence-electron chi connectivity index (χ0n) is 7.67. The van der Waals surface area contributed by atoms with Crippen LogP contribution in [0.5, 0.6) is 0 Å². The summed E-state index contributed by atoms with van der Waals surface area (Å²) in [6.45, 7) is 0.777. The molecule has 0 aromatic heterocycles. The summed E-state index contributed by atoms with van der Waals surface area (Å²) in [5, 5.41) is 8.79. The van der Waals surface area contributed by atoms with Crippen molar-refractivity contribution in [1.82, 2.24) is 4.90 Å². The number of aliphatic imine (C=N–C) groups is 1. The Balaban J connectivity index is 1.89. The van der Waals surface area contributed by atoms with Crippen LogP contribution < -0.4 is 5.73 Å². The highest BCUT2D eigenvalue weighted by Crippen LogP contribution is 2.16. The molecule has 2 heterocycles. The summed E-state index contributed by atoms with van der Waals surface area (Å²) in [7, 11) is 0. The van der Waals surface area contributed by atoms with Crippen LogP contribution in [0.2, 0.25) is 0 Å². The topological polar surface area (TPSA) is 80.3 Å². The molecular weight excluding hydrogens is 186 g/mol. The lowest BCUT2D eigenvalue weighted by Crippen LogP contribution is -2.36. The van der Waals surface area contributed by atoms with Gasteiger partial charge in [0, 0.05) is 6.20 Å². The Labute approximate surface area is 81.6 Å². The van der Waals surface area contributed by atoms with Crippen LogP contribution in [0.3, 0.4) is 0 Å². The molecule has 1 unspecified atom stereocenters. The lowest BCUT2D eigenvalue weighted by Gasteiger charge is -2.25. The second kappa shape index (κ2) is 3.95. The maximum Gasteiger partial charge on any atom is 0.183 e. The standard InChI is InChI=1S/C8H13N3O3/c9-6-1-2-11(5-10-6)7-4-13-8(3-12)14-7/h1-2,7-8,12H,3-5H2,(H2,9,10)/t7?,8-/m0/s1. The predicted molar refractivity (Wildman–Crippen MR) is 49.2 cm³/mol. The van der Waals surface area contributed by atoms with Crippen LogP contribution in [-0.2, 0) is 9.47 Å². The average molecular weight is 199 g/mol. The van der Waals surface area contributed by atoms with Crippen LogP contribution in [0.15, 0.2) is 17.3 Å². The van der Waals surface area contributed by atoms with Crippen molar-refractivity contribution < 1.29 is 14.6 Å². The average Bonchev–Trinajstić information content (AvgIpc) is 2.67. The van der Waals surface area contributed by atoms with Gasteiger partial charge in [-0.05, 0) is 6.08 Å². The molecule has 6 heteroatoms. The first-order valence-electron chi connectivity index (χ1n) is 4.41. The van der Waals surface area contributed by atoms with Gasteiger partial charge >= 0.3 is 0 Å². The Morgan fingerprint density at radius 2 is 2.57 bits per heavy atom. The van der Waals surface area contributed by atoms with Crippen molar-refractivity contribution in [3.05, 3.63) is 12.3 Å². The second-order valence-electron chi connectivity index (χ2n) is 3.09. The molecule has 0 aromatic carbocycles. The summed E-state index contributed by atoms with van der Waals surface area (Å²) in [5.41, 5.74) is 5.47. The summed E-state index contributed by atoms with van der Waals surface area (Å²) >= 11 is 0. The molecule has 3 N–H and O–H groups in total. The molecule has 0 amide bonds. The van der Waals surface area contributed by atoms with Gasteiger partial charge < -0.3 is 25.2 Å². The Hall–Kier alpha value is -1.11. The van der Waals surface area contributed by atoms with Crippen molar-refractivity contribution in [2.45, 2.75) is 12.5 Å². The third-order valence-electron chi connectivity index (χ3n) is 2.11. The maximum absolute atomic E-state index is 8.79. The first kappa shape index (κ1) is 9.45. The Bertz CT molecular complexity index is 267. The molecule has 0 spiro atoms. The van der Waals surface area contributed by atoms with Gasteiger partial charge in [0.05, 0.1) is 13.2 Å². The highest BCUT2D eigenvalue weighted by molar-refractivity contribution is 5.91. The molecule has 1 fully saturated rings. The van der Waals surface area contributed by atoms with Gasteiger partial charge in [0.15, 0.2) is 12.5 Å². The van der Waals surface area contributed by atoms with Crippen LogP contribution in [0.25, 0.3) is 0 Å². The molecule has 2 atom stereocenters. The number of amidine groups is 1.